The summed E-state index contributed by atoms with van der Waals surface area (Å²) < 4.78 is 2.14. The number of anilines is 4. The molecular formula is C68H69N8O4+. The van der Waals surface area contributed by atoms with Gasteiger partial charge in [0, 0.05) is 89.5 Å². The molecule has 1 aliphatic heterocycles. The van der Waals surface area contributed by atoms with Crippen molar-refractivity contribution in [3.8, 4) is 16.8 Å². The Labute approximate surface area is 468 Å². The molecule has 1 aliphatic carbocycles. The number of carbonyl (C=O) groups excluding carboxylic acids is 4. The molecule has 0 fully saturated rings. The van der Waals surface area contributed by atoms with Crippen molar-refractivity contribution < 1.29 is 23.7 Å². The highest BCUT2D eigenvalue weighted by atomic mass is 16.2. The summed E-state index contributed by atoms with van der Waals surface area (Å²) in [5.41, 5.74) is 30.5. The first kappa shape index (κ1) is 54.3. The smallest absolute Gasteiger partial charge is 0.251 e. The summed E-state index contributed by atoms with van der Waals surface area (Å²) in [5, 5.41) is 6.09. The fourth-order valence-corrected chi connectivity index (χ4v) is 10.9. The Balaban J connectivity index is 0.626. The molecule has 8 aromatic rings. The first-order chi connectivity index (χ1) is 38.8. The predicted octanol–water partition coefficient (Wildman–Crippen LogP) is 13.4. The number of unbranched alkanes of at least 4 members (excludes halogenated alkanes) is 6. The lowest BCUT2D eigenvalue weighted by Crippen LogP contribution is -2.40. The van der Waals surface area contributed by atoms with Crippen molar-refractivity contribution in [2.24, 2.45) is 4.99 Å². The highest BCUT2D eigenvalue weighted by molar-refractivity contribution is 6.14. The number of Topliss-reactive ketones (excluding diaryl/α,β-unsaturated/α-hetero) is 2. The third kappa shape index (κ3) is 12.0. The maximum Gasteiger partial charge on any atom is 0.251 e. The van der Waals surface area contributed by atoms with Crippen LogP contribution in [-0.2, 0) is 4.79 Å². The van der Waals surface area contributed by atoms with E-state index in [1.165, 1.54) is 0 Å². The molecule has 404 valence electrons. The number of hydrogen-bond acceptors (Lipinski definition) is 9. The molecule has 10 rings (SSSR count). The fraction of sp³-hybridized carbons (Fsp3) is 0.250. The molecule has 2 amide bonds. The second-order valence-corrected chi connectivity index (χ2v) is 21.3. The van der Waals surface area contributed by atoms with Crippen LogP contribution in [0.2, 0.25) is 0 Å². The van der Waals surface area contributed by atoms with Gasteiger partial charge in [0.15, 0.2) is 11.6 Å². The van der Waals surface area contributed by atoms with Crippen molar-refractivity contribution >= 4 is 79.6 Å². The molecule has 12 heteroatoms. The molecular weight excluding hydrogens is 993 g/mol. The van der Waals surface area contributed by atoms with Crippen LogP contribution < -0.4 is 31.6 Å². The number of fused-ring (bicyclic) bond motifs is 4. The van der Waals surface area contributed by atoms with E-state index >= 15 is 0 Å². The number of aryl methyl sites for hydroxylation is 3. The average molecular weight is 1060 g/mol. The quantitative estimate of drug-likeness (QED) is 0.0181. The molecule has 2 aliphatic rings. The van der Waals surface area contributed by atoms with Crippen molar-refractivity contribution in [3.05, 3.63) is 202 Å². The first-order valence-corrected chi connectivity index (χ1v) is 28.0. The number of amides is 2. The van der Waals surface area contributed by atoms with Gasteiger partial charge in [0.2, 0.25) is 16.7 Å². The largest absolute Gasteiger partial charge is 0.398 e. The van der Waals surface area contributed by atoms with Gasteiger partial charge in [-0.05, 0) is 160 Å². The van der Waals surface area contributed by atoms with E-state index in [0.29, 0.717) is 54.0 Å². The van der Waals surface area contributed by atoms with Gasteiger partial charge < -0.3 is 27.0 Å². The van der Waals surface area contributed by atoms with Crippen LogP contribution in [0, 0.1) is 20.8 Å². The van der Waals surface area contributed by atoms with Crippen molar-refractivity contribution in [1.29, 1.82) is 0 Å². The highest BCUT2D eigenvalue weighted by Crippen LogP contribution is 2.44. The Morgan fingerprint density at radius 3 is 1.70 bits per heavy atom. The Morgan fingerprint density at radius 1 is 0.562 bits per heavy atom. The van der Waals surface area contributed by atoms with E-state index in [-0.39, 0.29) is 29.4 Å². The summed E-state index contributed by atoms with van der Waals surface area (Å²) in [7, 11) is 0. The number of nitrogens with one attached hydrogen (secondary N) is 2. The molecule has 7 aromatic carbocycles. The SMILES string of the molecule is CC1=CC2=Nc3cc(C)c(N)cc3N(c3ccccc3)C2C=C1C(=O)CCCCCCNC(=O)c1ccc(-c2ccc(C(=O)NCCCCCCC(=O)c3cc4c(cc3C)nc3cc(C)c(N)cc3[n+]4-c3ccccc3)cc2)cc1. The Morgan fingerprint density at radius 2 is 1.09 bits per heavy atom. The molecule has 6 N–H and O–H groups in total. The van der Waals surface area contributed by atoms with Gasteiger partial charge in [-0.1, -0.05) is 86.3 Å². The van der Waals surface area contributed by atoms with Crippen LogP contribution in [0.15, 0.2) is 174 Å². The maximum absolute atomic E-state index is 13.7. The predicted molar refractivity (Wildman–Crippen MR) is 324 cm³/mol. The average Bonchev–Trinajstić information content (AvgIpc) is 3.38. The van der Waals surface area contributed by atoms with Crippen molar-refractivity contribution in [2.45, 2.75) is 97.9 Å². The monoisotopic (exact) mass is 1060 g/mol. The number of hydrogen-bond donors (Lipinski definition) is 4. The molecule has 1 aromatic heterocycles. The van der Waals surface area contributed by atoms with Crippen LogP contribution in [0.4, 0.5) is 28.4 Å². The minimum absolute atomic E-state index is 0.106. The minimum atomic E-state index is -0.232. The molecule has 80 heavy (non-hydrogen) atoms. The van der Waals surface area contributed by atoms with Gasteiger partial charge in [0.25, 0.3) is 11.8 Å². The zero-order chi connectivity index (χ0) is 55.9. The second-order valence-electron chi connectivity index (χ2n) is 21.3. The van der Waals surface area contributed by atoms with Gasteiger partial charge in [-0.15, -0.1) is 4.57 Å². The Bertz CT molecular complexity index is 3760. The first-order valence-electron chi connectivity index (χ1n) is 28.0. The second kappa shape index (κ2) is 24.3. The van der Waals surface area contributed by atoms with Crippen molar-refractivity contribution in [3.63, 3.8) is 0 Å². The molecule has 0 saturated heterocycles. The third-order valence-corrected chi connectivity index (χ3v) is 15.5. The summed E-state index contributed by atoms with van der Waals surface area (Å²) in [6.07, 6.45) is 11.7. The Hall–Kier alpha value is -9.03. The molecule has 1 unspecified atom stereocenters. The molecule has 0 spiro atoms. The van der Waals surface area contributed by atoms with Crippen LogP contribution in [0.3, 0.4) is 0 Å². The van der Waals surface area contributed by atoms with Crippen LogP contribution in [0.5, 0.6) is 0 Å². The number of rotatable bonds is 21. The van der Waals surface area contributed by atoms with E-state index in [9.17, 15) is 19.2 Å². The minimum Gasteiger partial charge on any atom is -0.398 e. The number of aliphatic imine (C=N–C) groups is 1. The zero-order valence-electron chi connectivity index (χ0n) is 46.2. The molecule has 0 saturated carbocycles. The highest BCUT2D eigenvalue weighted by Gasteiger charge is 2.34. The number of benzene rings is 7. The van der Waals surface area contributed by atoms with Gasteiger partial charge in [0.05, 0.1) is 23.1 Å². The summed E-state index contributed by atoms with van der Waals surface area (Å²) >= 11 is 0. The summed E-state index contributed by atoms with van der Waals surface area (Å²) in [6.45, 7) is 9.03. The summed E-state index contributed by atoms with van der Waals surface area (Å²) in [4.78, 5) is 65.7. The lowest BCUT2D eigenvalue weighted by Gasteiger charge is -2.38. The molecule has 1 atom stereocenters. The van der Waals surface area contributed by atoms with Crippen molar-refractivity contribution in [2.75, 3.05) is 29.5 Å². The zero-order valence-corrected chi connectivity index (χ0v) is 46.2. The number of nitrogens with two attached hydrogens (primary N) is 2. The van der Waals surface area contributed by atoms with Crippen LogP contribution >= 0.6 is 0 Å². The number of ketones is 2. The maximum atomic E-state index is 13.7. The van der Waals surface area contributed by atoms with Gasteiger partial charge in [-0.2, -0.15) is 0 Å². The van der Waals surface area contributed by atoms with Gasteiger partial charge in [-0.3, -0.25) is 19.2 Å². The normalized spacial score (nSPS) is 13.7. The lowest BCUT2D eigenvalue weighted by molar-refractivity contribution is -0.538. The number of nitrogens with zero attached hydrogens (tertiary/aromatic N) is 4. The lowest BCUT2D eigenvalue weighted by atomic mass is 9.87. The van der Waals surface area contributed by atoms with E-state index in [0.717, 1.165) is 141 Å². The van der Waals surface area contributed by atoms with Gasteiger partial charge in [0.1, 0.15) is 11.0 Å². The summed E-state index contributed by atoms with van der Waals surface area (Å²) in [5.74, 6) is -0.0263. The van der Waals surface area contributed by atoms with Crippen LogP contribution in [0.25, 0.3) is 38.9 Å². The van der Waals surface area contributed by atoms with Crippen molar-refractivity contribution in [1.82, 2.24) is 15.6 Å². The number of nitrogen functional groups attached to an aromatic ring is 2. The van der Waals surface area contributed by atoms with E-state index in [1.807, 2.05) is 167 Å². The number of aromatic nitrogens is 2. The molecule has 12 nitrogen and oxygen atoms in total. The standard InChI is InChI=1S/C68H68N8O4/c1-43-35-57-61(75(51-19-11-9-12-20-51)63-41-55(69)45(3)37-59(63)73-57)39-53(43)65(77)23-15-5-7-17-33-71-67(79)49-29-25-47(26-30-49)48-27-31-50(32-28-48)68(80)72-34-18-8-6-16-24-66(78)54-40-62-58(36-44(54)2)74-60-38-46(4)56(70)42-64(60)76(62)52-21-13-10-14-22-52/h9-14,19-22,25-32,35-42,61,70H,5-8,15-18,23-24,33-34,69H2,1-4H3,(H2,71,72,79,80)/p+1. The number of carbonyl (C=O) groups is 4. The van der Waals surface area contributed by atoms with Crippen LogP contribution in [0.1, 0.15) is 119 Å². The van der Waals surface area contributed by atoms with Gasteiger partial charge >= 0.3 is 0 Å². The van der Waals surface area contributed by atoms with E-state index < -0.39 is 0 Å². The fourth-order valence-electron chi connectivity index (χ4n) is 10.9. The van der Waals surface area contributed by atoms with Gasteiger partial charge in [-0.25, -0.2) is 9.98 Å². The van der Waals surface area contributed by atoms with E-state index in [4.69, 9.17) is 21.4 Å². The number of allylic oxidation sites excluding steroid dienone is 2. The number of para-hydroxylation sites is 2. The van der Waals surface area contributed by atoms with E-state index in [1.54, 1.807) is 0 Å². The third-order valence-electron chi connectivity index (χ3n) is 15.5. The molecule has 0 radical (unpaired) electrons. The summed E-state index contributed by atoms with van der Waals surface area (Å²) in [6, 6.07) is 46.9. The molecule has 0 bridgehead atoms. The Kier molecular flexibility index (Phi) is 16.5. The van der Waals surface area contributed by atoms with Crippen LogP contribution in [-0.4, -0.2) is 53.2 Å². The topological polar surface area (TPSA) is 177 Å². The molecule has 2 heterocycles. The van der Waals surface area contributed by atoms with E-state index in [2.05, 4.69) is 38.3 Å².